The van der Waals surface area contributed by atoms with Gasteiger partial charge in [-0.25, -0.2) is 4.79 Å². The van der Waals surface area contributed by atoms with Crippen LogP contribution in [-0.4, -0.2) is 39.7 Å². The van der Waals surface area contributed by atoms with Crippen molar-refractivity contribution in [1.82, 2.24) is 9.88 Å². The monoisotopic (exact) mass is 518 g/mol. The Kier molecular flexibility index (Phi) is 8.28. The van der Waals surface area contributed by atoms with Crippen LogP contribution in [0.25, 0.3) is 0 Å². The first-order valence-electron chi connectivity index (χ1n) is 11.8. The minimum Gasteiger partial charge on any atom is -0.458 e. The number of pyridine rings is 1. The number of aldehydes is 1. The molecule has 1 aromatic carbocycles. The molecule has 8 heteroatoms. The Hall–Kier alpha value is -2.44. The lowest BCUT2D eigenvalue weighted by molar-refractivity contribution is -0.174. The molecule has 4 atom stereocenters. The van der Waals surface area contributed by atoms with Gasteiger partial charge in [-0.3, -0.25) is 9.78 Å². The van der Waals surface area contributed by atoms with Crippen molar-refractivity contribution in [3.05, 3.63) is 63.9 Å². The van der Waals surface area contributed by atoms with Crippen LogP contribution in [0.1, 0.15) is 77.1 Å². The summed E-state index contributed by atoms with van der Waals surface area (Å²) in [7, 11) is 0. The third-order valence-corrected chi connectivity index (χ3v) is 6.83. The number of esters is 1. The highest BCUT2D eigenvalue weighted by Crippen LogP contribution is 2.51. The highest BCUT2D eigenvalue weighted by molar-refractivity contribution is 6.30. The predicted octanol–water partition coefficient (Wildman–Crippen LogP) is 6.16. The second-order valence-corrected chi connectivity index (χ2v) is 11.2. The summed E-state index contributed by atoms with van der Waals surface area (Å²) in [6.45, 7) is 8.99. The second kappa shape index (κ2) is 10.7. The van der Waals surface area contributed by atoms with E-state index in [9.17, 15) is 14.4 Å². The Bertz CT molecular complexity index is 1080. The summed E-state index contributed by atoms with van der Waals surface area (Å²) in [4.78, 5) is 45.3. The van der Waals surface area contributed by atoms with Gasteiger partial charge >= 0.3 is 5.97 Å². The number of ether oxygens (including phenoxy) is 1. The van der Waals surface area contributed by atoms with E-state index in [2.05, 4.69) is 4.98 Å². The molecule has 0 spiro atoms. The van der Waals surface area contributed by atoms with Crippen LogP contribution >= 0.6 is 23.2 Å². The van der Waals surface area contributed by atoms with E-state index in [1.54, 1.807) is 50.8 Å². The lowest BCUT2D eigenvalue weighted by Gasteiger charge is -2.50. The van der Waals surface area contributed by atoms with Crippen LogP contribution in [0.2, 0.25) is 10.0 Å². The van der Waals surface area contributed by atoms with Gasteiger partial charge in [-0.2, -0.15) is 0 Å². The molecule has 2 aromatic rings. The Morgan fingerprint density at radius 1 is 1.26 bits per heavy atom. The molecular weight excluding hydrogens is 487 g/mol. The minimum absolute atomic E-state index is 0.0327. The number of nitrogens with zero attached hydrogens (tertiary/aromatic N) is 2. The third-order valence-electron chi connectivity index (χ3n) is 6.37. The Morgan fingerprint density at radius 2 is 1.97 bits per heavy atom. The number of aromatic nitrogens is 1. The van der Waals surface area contributed by atoms with Crippen molar-refractivity contribution < 1.29 is 19.1 Å². The maximum absolute atomic E-state index is 14.1. The normalized spacial score (nSPS) is 23.6. The van der Waals surface area contributed by atoms with Gasteiger partial charge in [-0.1, -0.05) is 49.2 Å². The molecule has 2 heterocycles. The standard InChI is InChI=1S/C27H32Cl2N2O4/c1-6-22(24(33)35-26(2,3)4)31-23(21-11-10-19(29)16-30-21)20(17-8-7-9-18(28)14-17)15-27(5,12-13-32)25(31)34/h7-11,13-14,16,20,22-23H,6,12,15H2,1-5H3. The number of carbonyl (C=O) groups is 3. The lowest BCUT2D eigenvalue weighted by Crippen LogP contribution is -2.58. The molecule has 3 rings (SSSR count). The first kappa shape index (κ1) is 27.2. The number of amides is 1. The molecule has 0 radical (unpaired) electrons. The molecule has 0 N–H and O–H groups in total. The summed E-state index contributed by atoms with van der Waals surface area (Å²) >= 11 is 12.5. The number of benzene rings is 1. The lowest BCUT2D eigenvalue weighted by atomic mass is 9.67. The van der Waals surface area contributed by atoms with E-state index in [-0.39, 0.29) is 18.2 Å². The third kappa shape index (κ3) is 6.04. The maximum atomic E-state index is 14.1. The second-order valence-electron chi connectivity index (χ2n) is 10.3. The van der Waals surface area contributed by atoms with E-state index < -0.39 is 29.1 Å². The number of hydrogen-bond donors (Lipinski definition) is 0. The van der Waals surface area contributed by atoms with Crippen LogP contribution in [0.4, 0.5) is 0 Å². The van der Waals surface area contributed by atoms with Crippen LogP contribution in [0, 0.1) is 5.41 Å². The number of piperidine rings is 1. The minimum atomic E-state index is -1.01. The van der Waals surface area contributed by atoms with Crippen molar-refractivity contribution >= 4 is 41.4 Å². The molecule has 1 amide bonds. The maximum Gasteiger partial charge on any atom is 0.329 e. The topological polar surface area (TPSA) is 76.6 Å². The van der Waals surface area contributed by atoms with Crippen molar-refractivity contribution in [2.24, 2.45) is 5.41 Å². The van der Waals surface area contributed by atoms with Gasteiger partial charge in [0, 0.05) is 23.6 Å². The highest BCUT2D eigenvalue weighted by Gasteiger charge is 2.53. The molecule has 6 nitrogen and oxygen atoms in total. The van der Waals surface area contributed by atoms with E-state index in [1.807, 2.05) is 25.1 Å². The molecule has 1 aliphatic rings. The van der Waals surface area contributed by atoms with Gasteiger partial charge in [0.1, 0.15) is 17.9 Å². The average molecular weight is 519 g/mol. The van der Waals surface area contributed by atoms with Gasteiger partial charge in [-0.15, -0.1) is 0 Å². The zero-order valence-corrected chi connectivity index (χ0v) is 22.3. The number of carbonyl (C=O) groups excluding carboxylic acids is 3. The van der Waals surface area contributed by atoms with Crippen molar-refractivity contribution in [3.8, 4) is 0 Å². The molecule has 0 aliphatic carbocycles. The van der Waals surface area contributed by atoms with Crippen molar-refractivity contribution in [3.63, 3.8) is 0 Å². The number of rotatable bonds is 7. The fourth-order valence-electron chi connectivity index (χ4n) is 4.80. The zero-order valence-electron chi connectivity index (χ0n) is 20.8. The van der Waals surface area contributed by atoms with E-state index in [0.717, 1.165) is 11.8 Å². The van der Waals surface area contributed by atoms with Crippen LogP contribution < -0.4 is 0 Å². The van der Waals surface area contributed by atoms with Crippen molar-refractivity contribution in [2.45, 2.75) is 77.5 Å². The van der Waals surface area contributed by atoms with Crippen LogP contribution in [-0.2, 0) is 19.1 Å². The summed E-state index contributed by atoms with van der Waals surface area (Å²) in [5.41, 5.74) is -0.237. The Morgan fingerprint density at radius 3 is 2.51 bits per heavy atom. The predicted molar refractivity (Wildman–Crippen MR) is 136 cm³/mol. The van der Waals surface area contributed by atoms with Crippen molar-refractivity contribution in [1.29, 1.82) is 0 Å². The average Bonchev–Trinajstić information content (AvgIpc) is 2.77. The molecule has 1 aromatic heterocycles. The molecule has 1 saturated heterocycles. The molecule has 188 valence electrons. The summed E-state index contributed by atoms with van der Waals surface area (Å²) in [6, 6.07) is 9.49. The Labute approximate surface area is 217 Å². The first-order valence-corrected chi connectivity index (χ1v) is 12.5. The van der Waals surface area contributed by atoms with Gasteiger partial charge in [0.2, 0.25) is 5.91 Å². The molecule has 0 saturated carbocycles. The largest absolute Gasteiger partial charge is 0.458 e. The quantitative estimate of drug-likeness (QED) is 0.324. The van der Waals surface area contributed by atoms with E-state index in [0.29, 0.717) is 28.6 Å². The first-order chi connectivity index (χ1) is 16.4. The van der Waals surface area contributed by atoms with Gasteiger partial charge in [-0.05, 0) is 63.4 Å². The molecule has 0 bridgehead atoms. The summed E-state index contributed by atoms with van der Waals surface area (Å²) in [5.74, 6) is -1.05. The van der Waals surface area contributed by atoms with E-state index in [1.165, 1.54) is 6.20 Å². The van der Waals surface area contributed by atoms with E-state index in [4.69, 9.17) is 27.9 Å². The summed E-state index contributed by atoms with van der Waals surface area (Å²) in [6.07, 6.45) is 3.05. The summed E-state index contributed by atoms with van der Waals surface area (Å²) < 4.78 is 5.72. The fraction of sp³-hybridized carbons (Fsp3) is 0.481. The zero-order chi connectivity index (χ0) is 26.0. The fourth-order valence-corrected chi connectivity index (χ4v) is 5.11. The van der Waals surface area contributed by atoms with Crippen LogP contribution in [0.3, 0.4) is 0 Å². The summed E-state index contributed by atoms with van der Waals surface area (Å²) in [5, 5.41) is 1.02. The van der Waals surface area contributed by atoms with Crippen molar-refractivity contribution in [2.75, 3.05) is 0 Å². The number of halogens is 2. The molecule has 1 fully saturated rings. The number of likely N-dealkylation sites (tertiary alicyclic amines) is 1. The van der Waals surface area contributed by atoms with Gasteiger partial charge in [0.05, 0.1) is 22.2 Å². The highest BCUT2D eigenvalue weighted by atomic mass is 35.5. The molecule has 1 aliphatic heterocycles. The van der Waals surface area contributed by atoms with Gasteiger partial charge < -0.3 is 14.4 Å². The SMILES string of the molecule is CCC(C(=O)OC(C)(C)C)N1C(=O)C(C)(CC=O)CC(c2cccc(Cl)c2)C1c1ccc(Cl)cn1. The molecule has 4 unspecified atom stereocenters. The van der Waals surface area contributed by atoms with Gasteiger partial charge in [0.25, 0.3) is 0 Å². The molecular formula is C27H32Cl2N2O4. The Balaban J connectivity index is 2.24. The molecule has 35 heavy (non-hydrogen) atoms. The van der Waals surface area contributed by atoms with Crippen LogP contribution in [0.5, 0.6) is 0 Å². The smallest absolute Gasteiger partial charge is 0.329 e. The van der Waals surface area contributed by atoms with Crippen LogP contribution in [0.15, 0.2) is 42.6 Å². The van der Waals surface area contributed by atoms with Gasteiger partial charge in [0.15, 0.2) is 0 Å². The number of hydrogen-bond acceptors (Lipinski definition) is 5. The van der Waals surface area contributed by atoms with E-state index >= 15 is 0 Å².